The van der Waals surface area contributed by atoms with Crippen molar-refractivity contribution in [3.8, 4) is 45.3 Å². The lowest BCUT2D eigenvalue weighted by atomic mass is 9.92. The molecule has 0 N–H and O–H groups in total. The van der Waals surface area contributed by atoms with Crippen LogP contribution >= 0.6 is 0 Å². The van der Waals surface area contributed by atoms with E-state index >= 15 is 0 Å². The van der Waals surface area contributed by atoms with Crippen molar-refractivity contribution in [2.75, 3.05) is 0 Å². The van der Waals surface area contributed by atoms with Crippen LogP contribution in [0.5, 0.6) is 0 Å². The molecule has 0 saturated heterocycles. The SMILES string of the molecule is c1ccc2c(c1)ccc1c3cccc(-c4ccc(-c5nc(-c6cccc7oc8ccccc8c67)nc(-c6cccc7oc8ccccc8c67)n5)cc4)c3ccc21. The molecule has 3 aromatic heterocycles. The smallest absolute Gasteiger partial charge is 0.164 e. The first-order chi connectivity index (χ1) is 27.7. The summed E-state index contributed by atoms with van der Waals surface area (Å²) in [5, 5.41) is 11.5. The molecule has 0 fully saturated rings. The van der Waals surface area contributed by atoms with Crippen LogP contribution in [0.4, 0.5) is 0 Å². The van der Waals surface area contributed by atoms with Gasteiger partial charge in [-0.1, -0.05) is 152 Å². The Labute approximate surface area is 320 Å². The Morgan fingerprint density at radius 3 is 1.39 bits per heavy atom. The summed E-state index contributed by atoms with van der Waals surface area (Å²) in [6.07, 6.45) is 0. The Bertz CT molecular complexity index is 3410. The van der Waals surface area contributed by atoms with Crippen molar-refractivity contribution in [1.82, 2.24) is 15.0 Å². The Hall–Kier alpha value is -7.63. The van der Waals surface area contributed by atoms with Gasteiger partial charge in [-0.25, -0.2) is 15.0 Å². The van der Waals surface area contributed by atoms with Gasteiger partial charge in [-0.15, -0.1) is 0 Å². The summed E-state index contributed by atoms with van der Waals surface area (Å²) in [5.74, 6) is 1.73. The van der Waals surface area contributed by atoms with Crippen molar-refractivity contribution < 1.29 is 8.83 Å². The number of hydrogen-bond donors (Lipinski definition) is 0. The van der Waals surface area contributed by atoms with Gasteiger partial charge in [-0.3, -0.25) is 0 Å². The zero-order chi connectivity index (χ0) is 36.7. The predicted octanol–water partition coefficient (Wildman–Crippen LogP) is 13.8. The van der Waals surface area contributed by atoms with Crippen LogP contribution < -0.4 is 0 Å². The highest BCUT2D eigenvalue weighted by atomic mass is 16.3. The molecule has 12 aromatic rings. The third-order valence-corrected chi connectivity index (χ3v) is 11.2. The second-order valence-corrected chi connectivity index (χ2v) is 14.3. The number of furan rings is 2. The van der Waals surface area contributed by atoms with Gasteiger partial charge in [0.25, 0.3) is 0 Å². The molecule has 0 unspecified atom stereocenters. The zero-order valence-corrected chi connectivity index (χ0v) is 29.9. The Morgan fingerprint density at radius 1 is 0.268 bits per heavy atom. The van der Waals surface area contributed by atoms with E-state index in [1.54, 1.807) is 0 Å². The first-order valence-electron chi connectivity index (χ1n) is 18.8. The number of fused-ring (bicyclic) bond motifs is 11. The minimum atomic E-state index is 0.574. The van der Waals surface area contributed by atoms with Crippen LogP contribution in [-0.2, 0) is 0 Å². The van der Waals surface area contributed by atoms with Crippen LogP contribution in [0, 0.1) is 0 Å². The summed E-state index contributed by atoms with van der Waals surface area (Å²) in [6, 6.07) is 61.1. The lowest BCUT2D eigenvalue weighted by molar-refractivity contribution is 0.668. The maximum absolute atomic E-state index is 6.28. The highest BCUT2D eigenvalue weighted by Crippen LogP contribution is 2.40. The molecule has 0 aliphatic carbocycles. The summed E-state index contributed by atoms with van der Waals surface area (Å²) < 4.78 is 12.6. The lowest BCUT2D eigenvalue weighted by Crippen LogP contribution is -2.00. The van der Waals surface area contributed by atoms with Crippen LogP contribution in [0.3, 0.4) is 0 Å². The molecule has 12 rings (SSSR count). The molecule has 56 heavy (non-hydrogen) atoms. The van der Waals surface area contributed by atoms with E-state index in [0.29, 0.717) is 17.5 Å². The fourth-order valence-electron chi connectivity index (χ4n) is 8.57. The normalized spacial score (nSPS) is 11.9. The monoisotopic (exact) mass is 715 g/mol. The lowest BCUT2D eigenvalue weighted by Gasteiger charge is -2.12. The van der Waals surface area contributed by atoms with E-state index in [1.165, 1.54) is 37.9 Å². The second kappa shape index (κ2) is 11.9. The van der Waals surface area contributed by atoms with Crippen molar-refractivity contribution in [1.29, 1.82) is 0 Å². The third-order valence-electron chi connectivity index (χ3n) is 11.2. The highest BCUT2D eigenvalue weighted by Gasteiger charge is 2.20. The van der Waals surface area contributed by atoms with E-state index in [4.69, 9.17) is 23.8 Å². The summed E-state index contributed by atoms with van der Waals surface area (Å²) in [4.78, 5) is 15.6. The Balaban J connectivity index is 1.04. The minimum Gasteiger partial charge on any atom is -0.456 e. The van der Waals surface area contributed by atoms with E-state index in [1.807, 2.05) is 60.7 Å². The molecule has 260 valence electrons. The molecule has 0 spiro atoms. The average Bonchev–Trinajstić information content (AvgIpc) is 3.85. The molecular formula is C51H29N3O2. The van der Waals surface area contributed by atoms with Crippen molar-refractivity contribution in [3.05, 3.63) is 176 Å². The van der Waals surface area contributed by atoms with E-state index in [9.17, 15) is 0 Å². The molecule has 0 radical (unpaired) electrons. The maximum Gasteiger partial charge on any atom is 0.164 e. The van der Waals surface area contributed by atoms with Gasteiger partial charge in [0.1, 0.15) is 22.3 Å². The Kier molecular flexibility index (Phi) is 6.56. The van der Waals surface area contributed by atoms with Crippen LogP contribution in [0.2, 0.25) is 0 Å². The summed E-state index contributed by atoms with van der Waals surface area (Å²) in [5.41, 5.74) is 8.18. The molecule has 5 nitrogen and oxygen atoms in total. The molecule has 0 bridgehead atoms. The van der Waals surface area contributed by atoms with Crippen LogP contribution in [0.1, 0.15) is 0 Å². The van der Waals surface area contributed by atoms with Gasteiger partial charge in [-0.2, -0.15) is 0 Å². The number of hydrogen-bond acceptors (Lipinski definition) is 5. The Morgan fingerprint density at radius 2 is 0.714 bits per heavy atom. The van der Waals surface area contributed by atoms with Gasteiger partial charge < -0.3 is 8.83 Å². The topological polar surface area (TPSA) is 65.0 Å². The molecule has 5 heteroatoms. The molecule has 9 aromatic carbocycles. The van der Waals surface area contributed by atoms with Crippen molar-refractivity contribution >= 4 is 76.2 Å². The van der Waals surface area contributed by atoms with Gasteiger partial charge >= 0.3 is 0 Å². The van der Waals surface area contributed by atoms with E-state index in [0.717, 1.165) is 66.1 Å². The second-order valence-electron chi connectivity index (χ2n) is 14.3. The van der Waals surface area contributed by atoms with E-state index < -0.39 is 0 Å². The van der Waals surface area contributed by atoms with Crippen LogP contribution in [0.15, 0.2) is 185 Å². The van der Waals surface area contributed by atoms with Crippen molar-refractivity contribution in [3.63, 3.8) is 0 Å². The fourth-order valence-corrected chi connectivity index (χ4v) is 8.57. The fraction of sp³-hybridized carbons (Fsp3) is 0. The number of para-hydroxylation sites is 2. The van der Waals surface area contributed by atoms with E-state index in [2.05, 4.69) is 115 Å². The van der Waals surface area contributed by atoms with Crippen molar-refractivity contribution in [2.45, 2.75) is 0 Å². The summed E-state index contributed by atoms with van der Waals surface area (Å²) in [7, 11) is 0. The number of aromatic nitrogens is 3. The predicted molar refractivity (Wildman–Crippen MR) is 229 cm³/mol. The largest absolute Gasteiger partial charge is 0.456 e. The van der Waals surface area contributed by atoms with Gasteiger partial charge in [0.05, 0.1) is 0 Å². The summed E-state index contributed by atoms with van der Waals surface area (Å²) >= 11 is 0. The van der Waals surface area contributed by atoms with Crippen molar-refractivity contribution in [2.24, 2.45) is 0 Å². The first kappa shape index (κ1) is 30.8. The number of benzene rings is 9. The maximum atomic E-state index is 6.28. The number of nitrogens with zero attached hydrogens (tertiary/aromatic N) is 3. The number of rotatable bonds is 4. The van der Waals surface area contributed by atoms with Crippen LogP contribution in [-0.4, -0.2) is 15.0 Å². The standard InChI is InChI=1S/C51H29N3O2/c1-2-11-33-30(10-1)26-27-38-35-15-7-14-34(36(35)28-29-37(33)38)31-22-24-32(25-23-31)49-52-50(41-16-8-20-45-47(41)39-12-3-5-18-43(39)55-45)54-51(53-49)42-17-9-21-46-48(42)40-13-4-6-19-44(40)56-46/h1-29H. The third kappa shape index (κ3) is 4.64. The molecule has 0 aliphatic rings. The molecule has 0 atom stereocenters. The molecule has 3 heterocycles. The first-order valence-corrected chi connectivity index (χ1v) is 18.8. The minimum absolute atomic E-state index is 0.574. The molecule has 0 saturated carbocycles. The van der Waals surface area contributed by atoms with Gasteiger partial charge in [-0.05, 0) is 67.7 Å². The van der Waals surface area contributed by atoms with Crippen LogP contribution in [0.25, 0.3) is 121 Å². The molecule has 0 aliphatic heterocycles. The van der Waals surface area contributed by atoms with Gasteiger partial charge in [0, 0.05) is 38.2 Å². The van der Waals surface area contributed by atoms with Gasteiger partial charge in [0.15, 0.2) is 17.5 Å². The summed E-state index contributed by atoms with van der Waals surface area (Å²) in [6.45, 7) is 0. The quantitative estimate of drug-likeness (QED) is 0.170. The zero-order valence-electron chi connectivity index (χ0n) is 29.9. The van der Waals surface area contributed by atoms with Gasteiger partial charge in [0.2, 0.25) is 0 Å². The molecular weight excluding hydrogens is 687 g/mol. The average molecular weight is 716 g/mol. The van der Waals surface area contributed by atoms with E-state index in [-0.39, 0.29) is 0 Å². The highest BCUT2D eigenvalue weighted by molar-refractivity contribution is 6.19. The molecule has 0 amide bonds.